The van der Waals surface area contributed by atoms with Gasteiger partial charge in [0.2, 0.25) is 5.13 Å². The Bertz CT molecular complexity index is 1060. The number of amides is 2. The van der Waals surface area contributed by atoms with Gasteiger partial charge in [-0.05, 0) is 35.9 Å². The minimum Gasteiger partial charge on any atom is -0.308 e. The van der Waals surface area contributed by atoms with Crippen LogP contribution in [0.4, 0.5) is 15.6 Å². The van der Waals surface area contributed by atoms with Gasteiger partial charge >= 0.3 is 6.03 Å². The highest BCUT2D eigenvalue weighted by molar-refractivity contribution is 7.13. The summed E-state index contributed by atoms with van der Waals surface area (Å²) in [4.78, 5) is 16.0. The van der Waals surface area contributed by atoms with E-state index in [2.05, 4.69) is 36.0 Å². The fourth-order valence-corrected chi connectivity index (χ4v) is 2.82. The second-order valence-corrected chi connectivity index (χ2v) is 6.15. The zero-order valence-corrected chi connectivity index (χ0v) is 14.2. The normalized spacial score (nSPS) is 11.1. The summed E-state index contributed by atoms with van der Waals surface area (Å²) in [6, 6.07) is 9.02. The summed E-state index contributed by atoms with van der Waals surface area (Å²) in [6.45, 7) is 0. The molecule has 26 heavy (non-hydrogen) atoms. The number of anilines is 2. The lowest BCUT2D eigenvalue weighted by Gasteiger charge is -2.05. The highest BCUT2D eigenvalue weighted by Gasteiger charge is 2.08. The van der Waals surface area contributed by atoms with Gasteiger partial charge in [-0.15, -0.1) is 10.2 Å². The first kappa shape index (κ1) is 15.9. The van der Waals surface area contributed by atoms with E-state index in [0.717, 1.165) is 22.2 Å². The molecule has 4 rings (SSSR count). The zero-order valence-electron chi connectivity index (χ0n) is 13.4. The van der Waals surface area contributed by atoms with Crippen molar-refractivity contribution in [1.82, 2.24) is 25.4 Å². The van der Waals surface area contributed by atoms with Crippen LogP contribution in [0.1, 0.15) is 11.3 Å². The third-order valence-electron chi connectivity index (χ3n) is 3.55. The lowest BCUT2D eigenvalue weighted by atomic mass is 10.1. The number of carbonyl (C=O) groups excluding carboxylic acids is 1. The summed E-state index contributed by atoms with van der Waals surface area (Å²) in [5, 5.41) is 21.5. The van der Waals surface area contributed by atoms with Gasteiger partial charge in [-0.3, -0.25) is 15.4 Å². The summed E-state index contributed by atoms with van der Waals surface area (Å²) in [6.07, 6.45) is 7.39. The Morgan fingerprint density at radius 2 is 2.15 bits per heavy atom. The summed E-state index contributed by atoms with van der Waals surface area (Å²) in [7, 11) is 0. The molecule has 9 heteroatoms. The fourth-order valence-electron chi connectivity index (χ4n) is 2.38. The molecule has 0 saturated heterocycles. The molecule has 128 valence electrons. The van der Waals surface area contributed by atoms with Crippen molar-refractivity contribution < 1.29 is 4.79 Å². The quantitative estimate of drug-likeness (QED) is 0.513. The van der Waals surface area contributed by atoms with Crippen LogP contribution in [0.2, 0.25) is 0 Å². The van der Waals surface area contributed by atoms with Gasteiger partial charge in [-0.25, -0.2) is 4.79 Å². The van der Waals surface area contributed by atoms with Crippen molar-refractivity contribution in [2.24, 2.45) is 0 Å². The molecule has 3 N–H and O–H groups in total. The number of carbonyl (C=O) groups is 1. The molecular formula is C17H13N7OS. The molecule has 1 aromatic carbocycles. The second kappa shape index (κ2) is 7.11. The molecule has 8 nitrogen and oxygen atoms in total. The first-order chi connectivity index (χ1) is 12.8. The maximum atomic E-state index is 12.0. The van der Waals surface area contributed by atoms with Crippen LogP contribution in [0.25, 0.3) is 23.1 Å². The van der Waals surface area contributed by atoms with E-state index in [4.69, 9.17) is 0 Å². The van der Waals surface area contributed by atoms with Crippen LogP contribution in [-0.2, 0) is 0 Å². The summed E-state index contributed by atoms with van der Waals surface area (Å²) in [5.74, 6) is 0. The van der Waals surface area contributed by atoms with E-state index in [1.165, 1.54) is 11.3 Å². The summed E-state index contributed by atoms with van der Waals surface area (Å²) < 4.78 is 0. The van der Waals surface area contributed by atoms with E-state index in [0.29, 0.717) is 10.8 Å². The minimum atomic E-state index is -0.377. The van der Waals surface area contributed by atoms with Crippen LogP contribution in [0.3, 0.4) is 0 Å². The number of urea groups is 1. The number of pyridine rings is 1. The SMILES string of the molecule is O=C(Nc1ccc2c(/C=C/c3cccnc3)n[nH]c2c1)Nc1nncs1. The molecule has 0 unspecified atom stereocenters. The van der Waals surface area contributed by atoms with Gasteiger partial charge in [0, 0.05) is 23.5 Å². The van der Waals surface area contributed by atoms with Gasteiger partial charge in [0.25, 0.3) is 0 Å². The standard InChI is InChI=1S/C17H13N7OS/c25-16(21-17-24-19-10-26-17)20-12-4-5-13-14(22-23-15(13)8-12)6-3-11-2-1-7-18-9-11/h1-10H,(H,22,23)(H2,20,21,24,25)/b6-3+. The van der Waals surface area contributed by atoms with Gasteiger partial charge < -0.3 is 5.32 Å². The molecule has 0 atom stereocenters. The molecule has 4 aromatic rings. The molecule has 0 radical (unpaired) electrons. The first-order valence-corrected chi connectivity index (χ1v) is 8.56. The van der Waals surface area contributed by atoms with Gasteiger partial charge in [0.05, 0.1) is 11.2 Å². The maximum Gasteiger partial charge on any atom is 0.325 e. The predicted octanol–water partition coefficient (Wildman–Crippen LogP) is 3.62. The molecule has 0 aliphatic carbocycles. The molecule has 2 amide bonds. The number of hydrogen-bond acceptors (Lipinski definition) is 6. The van der Waals surface area contributed by atoms with Crippen LogP contribution < -0.4 is 10.6 Å². The first-order valence-electron chi connectivity index (χ1n) is 7.68. The fraction of sp³-hybridized carbons (Fsp3) is 0. The topological polar surface area (TPSA) is 108 Å². The van der Waals surface area contributed by atoms with Crippen molar-refractivity contribution in [3.63, 3.8) is 0 Å². The predicted molar refractivity (Wildman–Crippen MR) is 102 cm³/mol. The summed E-state index contributed by atoms with van der Waals surface area (Å²) in [5.41, 5.74) is 4.83. The zero-order chi connectivity index (χ0) is 17.8. The third-order valence-corrected chi connectivity index (χ3v) is 4.16. The molecule has 0 saturated carbocycles. The van der Waals surface area contributed by atoms with Gasteiger partial charge in [0.1, 0.15) is 5.51 Å². The second-order valence-electron chi connectivity index (χ2n) is 5.31. The van der Waals surface area contributed by atoms with Crippen molar-refractivity contribution >= 4 is 51.2 Å². The monoisotopic (exact) mass is 363 g/mol. The van der Waals surface area contributed by atoms with Crippen molar-refractivity contribution in [2.75, 3.05) is 10.6 Å². The molecule has 0 fully saturated rings. The molecule has 3 aromatic heterocycles. The molecule has 3 heterocycles. The van der Waals surface area contributed by atoms with Crippen molar-refractivity contribution in [2.45, 2.75) is 0 Å². The number of nitrogens with one attached hydrogen (secondary N) is 3. The Kier molecular flexibility index (Phi) is 4.35. The lowest BCUT2D eigenvalue weighted by Crippen LogP contribution is -2.19. The Labute approximate surface area is 152 Å². The van der Waals surface area contributed by atoms with Crippen LogP contribution in [0.5, 0.6) is 0 Å². The van der Waals surface area contributed by atoms with E-state index >= 15 is 0 Å². The number of benzene rings is 1. The highest BCUT2D eigenvalue weighted by Crippen LogP contribution is 2.22. The average molecular weight is 363 g/mol. The van der Waals surface area contributed by atoms with E-state index in [1.54, 1.807) is 17.9 Å². The number of hydrogen-bond donors (Lipinski definition) is 3. The Balaban J connectivity index is 1.50. The Morgan fingerprint density at radius 1 is 1.19 bits per heavy atom. The molecule has 0 aliphatic rings. The van der Waals surface area contributed by atoms with E-state index < -0.39 is 0 Å². The van der Waals surface area contributed by atoms with Crippen LogP contribution in [-0.4, -0.2) is 31.4 Å². The third kappa shape index (κ3) is 3.57. The smallest absolute Gasteiger partial charge is 0.308 e. The Morgan fingerprint density at radius 3 is 2.96 bits per heavy atom. The molecular weight excluding hydrogens is 350 g/mol. The summed E-state index contributed by atoms with van der Waals surface area (Å²) >= 11 is 1.25. The van der Waals surface area contributed by atoms with E-state index in [-0.39, 0.29) is 6.03 Å². The van der Waals surface area contributed by atoms with Crippen molar-refractivity contribution in [3.8, 4) is 0 Å². The average Bonchev–Trinajstić information content (AvgIpc) is 3.30. The van der Waals surface area contributed by atoms with Crippen LogP contribution in [0, 0.1) is 0 Å². The largest absolute Gasteiger partial charge is 0.325 e. The van der Waals surface area contributed by atoms with Crippen molar-refractivity contribution in [3.05, 3.63) is 59.5 Å². The van der Waals surface area contributed by atoms with Crippen LogP contribution >= 0.6 is 11.3 Å². The number of rotatable bonds is 4. The number of aromatic amines is 1. The molecule has 0 aliphatic heterocycles. The minimum absolute atomic E-state index is 0.377. The van der Waals surface area contributed by atoms with Gasteiger partial charge in [-0.2, -0.15) is 5.10 Å². The highest BCUT2D eigenvalue weighted by atomic mass is 32.1. The van der Waals surface area contributed by atoms with Gasteiger partial charge in [0.15, 0.2) is 0 Å². The van der Waals surface area contributed by atoms with E-state index in [1.807, 2.05) is 42.5 Å². The molecule has 0 spiro atoms. The number of aromatic nitrogens is 5. The van der Waals surface area contributed by atoms with Crippen molar-refractivity contribution in [1.29, 1.82) is 0 Å². The van der Waals surface area contributed by atoms with E-state index in [9.17, 15) is 4.79 Å². The molecule has 0 bridgehead atoms. The number of H-pyrrole nitrogens is 1. The number of fused-ring (bicyclic) bond motifs is 1. The van der Waals surface area contributed by atoms with Gasteiger partial charge in [-0.1, -0.05) is 23.5 Å². The Hall–Kier alpha value is -3.59. The number of nitrogens with zero attached hydrogens (tertiary/aromatic N) is 4. The van der Waals surface area contributed by atoms with Crippen LogP contribution in [0.15, 0.2) is 48.2 Å². The maximum absolute atomic E-state index is 12.0. The lowest BCUT2D eigenvalue weighted by molar-refractivity contribution is 0.262.